The highest BCUT2D eigenvalue weighted by atomic mass is 79.9. The third-order valence-corrected chi connectivity index (χ3v) is 5.31. The minimum atomic E-state index is -1.13. The van der Waals surface area contributed by atoms with Crippen LogP contribution in [0.5, 0.6) is 5.75 Å². The molecular weight excluding hydrogens is 492 g/mol. The van der Waals surface area contributed by atoms with Gasteiger partial charge < -0.3 is 9.84 Å². The molecule has 170 valence electrons. The predicted molar refractivity (Wildman–Crippen MR) is 126 cm³/mol. The van der Waals surface area contributed by atoms with Gasteiger partial charge in [-0.05, 0) is 88.8 Å². The van der Waals surface area contributed by atoms with E-state index in [2.05, 4.69) is 27.8 Å². The lowest BCUT2D eigenvalue weighted by Gasteiger charge is -2.27. The van der Waals surface area contributed by atoms with Crippen LogP contribution in [-0.2, 0) is 20.8 Å². The molecule has 1 aliphatic rings. The molecule has 0 spiro atoms. The Bertz CT molecular complexity index is 1200. The number of ether oxygens (including phenoxy) is 1. The third-order valence-electron chi connectivity index (χ3n) is 4.72. The molecule has 0 aromatic heterocycles. The van der Waals surface area contributed by atoms with Crippen LogP contribution in [0, 0.1) is 13.8 Å². The Hall–Kier alpha value is -3.72. The van der Waals surface area contributed by atoms with Crippen LogP contribution in [0.15, 0.2) is 53.0 Å². The highest BCUT2D eigenvalue weighted by Crippen LogP contribution is 2.33. The second kappa shape index (κ2) is 9.83. The first kappa shape index (κ1) is 23.9. The average molecular weight is 513 g/mol. The molecule has 1 heterocycles. The van der Waals surface area contributed by atoms with E-state index in [0.29, 0.717) is 33.5 Å². The molecule has 1 aliphatic heterocycles. The fourth-order valence-corrected chi connectivity index (χ4v) is 4.13. The van der Waals surface area contributed by atoms with Gasteiger partial charge in [-0.15, -0.1) is 6.58 Å². The summed E-state index contributed by atoms with van der Waals surface area (Å²) < 4.78 is 5.81. The number of anilines is 1. The predicted octanol–water partition coefficient (Wildman–Crippen LogP) is 3.92. The molecule has 1 saturated heterocycles. The van der Waals surface area contributed by atoms with Crippen LogP contribution in [0.2, 0.25) is 0 Å². The van der Waals surface area contributed by atoms with Crippen molar-refractivity contribution in [2.75, 3.05) is 11.5 Å². The van der Waals surface area contributed by atoms with Gasteiger partial charge in [0.2, 0.25) is 0 Å². The smallest absolute Gasteiger partial charge is 0.341 e. The summed E-state index contributed by atoms with van der Waals surface area (Å²) in [6.45, 7) is 6.85. The van der Waals surface area contributed by atoms with Gasteiger partial charge in [0.05, 0.1) is 10.2 Å². The molecule has 33 heavy (non-hydrogen) atoms. The van der Waals surface area contributed by atoms with Crippen LogP contribution in [0.25, 0.3) is 6.08 Å². The zero-order chi connectivity index (χ0) is 24.3. The van der Waals surface area contributed by atoms with Gasteiger partial charge >= 0.3 is 12.0 Å². The maximum Gasteiger partial charge on any atom is 0.341 e. The van der Waals surface area contributed by atoms with Crippen LogP contribution in [-0.4, -0.2) is 35.5 Å². The van der Waals surface area contributed by atoms with E-state index in [-0.39, 0.29) is 5.57 Å². The number of barbiturate groups is 1. The monoisotopic (exact) mass is 512 g/mol. The molecule has 0 radical (unpaired) electrons. The minimum Gasteiger partial charge on any atom is -0.480 e. The van der Waals surface area contributed by atoms with Gasteiger partial charge in [-0.1, -0.05) is 12.1 Å². The number of allylic oxidation sites excluding steroid dienone is 1. The van der Waals surface area contributed by atoms with Gasteiger partial charge in [0.15, 0.2) is 6.61 Å². The average Bonchev–Trinajstić information content (AvgIpc) is 2.69. The van der Waals surface area contributed by atoms with Crippen molar-refractivity contribution in [2.45, 2.75) is 20.3 Å². The minimum absolute atomic E-state index is 0.218. The zero-order valence-electron chi connectivity index (χ0n) is 18.0. The van der Waals surface area contributed by atoms with Crippen molar-refractivity contribution in [1.29, 1.82) is 0 Å². The van der Waals surface area contributed by atoms with E-state index in [4.69, 9.17) is 9.84 Å². The molecule has 2 aromatic rings. The third kappa shape index (κ3) is 5.38. The molecule has 8 nitrogen and oxygen atoms in total. The summed E-state index contributed by atoms with van der Waals surface area (Å²) >= 11 is 3.36. The summed E-state index contributed by atoms with van der Waals surface area (Å²) in [5, 5.41) is 11.1. The van der Waals surface area contributed by atoms with E-state index < -0.39 is 30.4 Å². The number of benzene rings is 2. The van der Waals surface area contributed by atoms with E-state index >= 15 is 0 Å². The van der Waals surface area contributed by atoms with Crippen LogP contribution in [0.4, 0.5) is 10.5 Å². The molecule has 9 heteroatoms. The normalized spacial score (nSPS) is 14.9. The summed E-state index contributed by atoms with van der Waals surface area (Å²) in [5.74, 6) is -2.36. The van der Waals surface area contributed by atoms with Crippen molar-refractivity contribution < 1.29 is 29.0 Å². The Kier molecular flexibility index (Phi) is 7.13. The summed E-state index contributed by atoms with van der Waals surface area (Å²) in [7, 11) is 0. The van der Waals surface area contributed by atoms with E-state index in [1.165, 1.54) is 6.08 Å². The Labute approximate surface area is 198 Å². The number of nitrogens with zero attached hydrogens (tertiary/aromatic N) is 1. The van der Waals surface area contributed by atoms with Crippen molar-refractivity contribution in [3.05, 3.63) is 75.3 Å². The van der Waals surface area contributed by atoms with Crippen LogP contribution >= 0.6 is 15.9 Å². The van der Waals surface area contributed by atoms with E-state index in [0.717, 1.165) is 16.0 Å². The van der Waals surface area contributed by atoms with Gasteiger partial charge in [0.25, 0.3) is 11.8 Å². The maximum absolute atomic E-state index is 13.2. The second-order valence-electron chi connectivity index (χ2n) is 7.47. The highest BCUT2D eigenvalue weighted by molar-refractivity contribution is 9.10. The van der Waals surface area contributed by atoms with Crippen molar-refractivity contribution in [3.8, 4) is 5.75 Å². The first-order valence-electron chi connectivity index (χ1n) is 9.88. The summed E-state index contributed by atoms with van der Waals surface area (Å²) in [5.41, 5.74) is 2.96. The Morgan fingerprint density at radius 3 is 2.42 bits per heavy atom. The lowest BCUT2D eigenvalue weighted by atomic mass is 10.0. The molecule has 1 fully saturated rings. The lowest BCUT2D eigenvalue weighted by molar-refractivity contribution is -0.139. The van der Waals surface area contributed by atoms with Gasteiger partial charge in [0, 0.05) is 0 Å². The number of aryl methyl sites for hydroxylation is 2. The molecule has 2 N–H and O–H groups in total. The number of carbonyl (C=O) groups is 4. The van der Waals surface area contributed by atoms with E-state index in [1.54, 1.807) is 30.3 Å². The zero-order valence-corrected chi connectivity index (χ0v) is 19.6. The van der Waals surface area contributed by atoms with Crippen LogP contribution in [0.1, 0.15) is 22.3 Å². The van der Waals surface area contributed by atoms with Gasteiger partial charge in [-0.2, -0.15) is 0 Å². The molecule has 2 aromatic carbocycles. The number of amides is 4. The largest absolute Gasteiger partial charge is 0.480 e. The fourth-order valence-electron chi connectivity index (χ4n) is 3.50. The van der Waals surface area contributed by atoms with Crippen molar-refractivity contribution in [1.82, 2.24) is 5.32 Å². The number of hydrogen-bond donors (Lipinski definition) is 2. The first-order chi connectivity index (χ1) is 15.6. The van der Waals surface area contributed by atoms with Crippen molar-refractivity contribution in [2.24, 2.45) is 0 Å². The second-order valence-corrected chi connectivity index (χ2v) is 8.32. The van der Waals surface area contributed by atoms with Gasteiger partial charge in [-0.25, -0.2) is 14.5 Å². The number of carboxylic acids is 1. The topological polar surface area (TPSA) is 113 Å². The molecular formula is C24H21BrN2O6. The van der Waals surface area contributed by atoms with E-state index in [9.17, 15) is 19.2 Å². The quantitative estimate of drug-likeness (QED) is 0.330. The first-order valence-corrected chi connectivity index (χ1v) is 10.7. The number of nitrogens with one attached hydrogen (secondary N) is 1. The summed E-state index contributed by atoms with van der Waals surface area (Å²) in [6, 6.07) is 7.71. The number of urea groups is 1. The summed E-state index contributed by atoms with van der Waals surface area (Å²) in [4.78, 5) is 50.0. The molecule has 0 unspecified atom stereocenters. The number of carbonyl (C=O) groups excluding carboxylic acids is 3. The number of hydrogen-bond acceptors (Lipinski definition) is 5. The number of carboxylic acid groups (broad SMARTS) is 1. The Morgan fingerprint density at radius 2 is 1.82 bits per heavy atom. The van der Waals surface area contributed by atoms with Crippen molar-refractivity contribution in [3.63, 3.8) is 0 Å². The van der Waals surface area contributed by atoms with Gasteiger partial charge in [-0.3, -0.25) is 14.9 Å². The number of aliphatic carboxylic acids is 1. The van der Waals surface area contributed by atoms with Crippen molar-refractivity contribution >= 4 is 51.5 Å². The van der Waals surface area contributed by atoms with Gasteiger partial charge in [0.1, 0.15) is 11.3 Å². The number of rotatable bonds is 7. The molecule has 0 bridgehead atoms. The Morgan fingerprint density at radius 1 is 1.15 bits per heavy atom. The number of imide groups is 2. The SMILES string of the molecule is C=CCc1cc(/C=C2\C(=O)NC(=O)N(c3cc(C)cc(C)c3)C2=O)cc(Br)c1OCC(=O)O. The highest BCUT2D eigenvalue weighted by Gasteiger charge is 2.37. The van der Waals surface area contributed by atoms with Crippen LogP contribution < -0.4 is 15.0 Å². The lowest BCUT2D eigenvalue weighted by Crippen LogP contribution is -2.54. The molecule has 0 aliphatic carbocycles. The maximum atomic E-state index is 13.2. The number of halogens is 1. The molecule has 0 atom stereocenters. The molecule has 4 amide bonds. The molecule has 3 rings (SSSR count). The standard InChI is InChI=1S/C24H21BrN2O6/c1-4-5-16-9-15(11-19(25)21(16)33-12-20(28)29)10-18-22(30)26-24(32)27(23(18)31)17-7-13(2)6-14(3)8-17/h4,6-11H,1,5,12H2,2-3H3,(H,28,29)(H,26,30,32)/b18-10+. The Balaban J connectivity index is 2.04. The van der Waals surface area contributed by atoms with E-state index in [1.807, 2.05) is 19.9 Å². The van der Waals surface area contributed by atoms with Crippen LogP contribution in [0.3, 0.4) is 0 Å². The fraction of sp³-hybridized carbons (Fsp3) is 0.167. The summed E-state index contributed by atoms with van der Waals surface area (Å²) in [6.07, 6.45) is 3.35. The molecule has 0 saturated carbocycles.